The van der Waals surface area contributed by atoms with Gasteiger partial charge in [-0.05, 0) is 43.2 Å². The lowest BCUT2D eigenvalue weighted by Gasteiger charge is -1.98. The van der Waals surface area contributed by atoms with Crippen molar-refractivity contribution < 1.29 is 9.90 Å². The van der Waals surface area contributed by atoms with Crippen LogP contribution < -0.4 is 0 Å². The number of hydrogen-bond acceptors (Lipinski definition) is 3. The van der Waals surface area contributed by atoms with E-state index in [1.54, 1.807) is 10.9 Å². The normalized spacial score (nSPS) is 17.5. The molecule has 0 unspecified atom stereocenters. The Morgan fingerprint density at radius 1 is 1.12 bits per heavy atom. The highest BCUT2D eigenvalue weighted by atomic mass is 16.4. The molecule has 0 saturated heterocycles. The molecule has 2 aliphatic carbocycles. The van der Waals surface area contributed by atoms with Crippen LogP contribution in [0, 0.1) is 0 Å². The molecule has 6 nitrogen and oxygen atoms in total. The molecule has 3 heterocycles. The van der Waals surface area contributed by atoms with Gasteiger partial charge in [-0.2, -0.15) is 5.10 Å². The van der Waals surface area contributed by atoms with Gasteiger partial charge in [-0.15, -0.1) is 0 Å². The van der Waals surface area contributed by atoms with E-state index >= 15 is 0 Å². The summed E-state index contributed by atoms with van der Waals surface area (Å²) >= 11 is 0. The summed E-state index contributed by atoms with van der Waals surface area (Å²) in [6.45, 7) is 0.493. The lowest BCUT2D eigenvalue weighted by atomic mass is 10.2. The minimum Gasteiger partial charge on any atom is -0.478 e. The van der Waals surface area contributed by atoms with E-state index in [1.165, 1.54) is 18.4 Å². The molecule has 0 spiro atoms. The highest BCUT2D eigenvalue weighted by Gasteiger charge is 2.31. The molecule has 24 heavy (non-hydrogen) atoms. The Hall–Kier alpha value is -2.63. The Kier molecular flexibility index (Phi) is 2.83. The minimum atomic E-state index is -0.896. The molecular weight excluding hydrogens is 304 g/mol. The monoisotopic (exact) mass is 322 g/mol. The number of fused-ring (bicyclic) bond motifs is 1. The van der Waals surface area contributed by atoms with Gasteiger partial charge in [-0.3, -0.25) is 4.68 Å². The van der Waals surface area contributed by atoms with Crippen LogP contribution in [-0.2, 0) is 6.54 Å². The number of aromatic nitrogens is 4. The maximum atomic E-state index is 11.4. The van der Waals surface area contributed by atoms with E-state index in [2.05, 4.69) is 32.8 Å². The van der Waals surface area contributed by atoms with Crippen molar-refractivity contribution >= 4 is 11.6 Å². The summed E-state index contributed by atoms with van der Waals surface area (Å²) in [5.74, 6) is 0.136. The van der Waals surface area contributed by atoms with Crippen LogP contribution in [0.2, 0.25) is 0 Å². The van der Waals surface area contributed by atoms with Crippen LogP contribution in [0.15, 0.2) is 30.7 Å². The van der Waals surface area contributed by atoms with E-state index in [0.29, 0.717) is 23.9 Å². The quantitative estimate of drug-likeness (QED) is 0.783. The first kappa shape index (κ1) is 13.8. The van der Waals surface area contributed by atoms with Crippen LogP contribution in [-0.4, -0.2) is 30.2 Å². The molecule has 122 valence electrons. The Balaban J connectivity index is 1.45. The highest BCUT2D eigenvalue weighted by molar-refractivity contribution is 5.89. The van der Waals surface area contributed by atoms with Crippen LogP contribution in [0.1, 0.15) is 64.8 Å². The molecule has 0 bridgehead atoms. The van der Waals surface area contributed by atoms with Crippen LogP contribution in [0.5, 0.6) is 0 Å². The average molecular weight is 322 g/mol. The number of carboxylic acids is 1. The summed E-state index contributed by atoms with van der Waals surface area (Å²) in [4.78, 5) is 16.0. The smallest absolute Gasteiger partial charge is 0.339 e. The predicted octanol–water partition coefficient (Wildman–Crippen LogP) is 3.03. The first-order chi connectivity index (χ1) is 11.7. The molecule has 2 saturated carbocycles. The number of aromatic carboxylic acids is 1. The highest BCUT2D eigenvalue weighted by Crippen LogP contribution is 2.41. The summed E-state index contributed by atoms with van der Waals surface area (Å²) < 4.78 is 3.77. The van der Waals surface area contributed by atoms with Crippen molar-refractivity contribution in [2.75, 3.05) is 0 Å². The zero-order chi connectivity index (χ0) is 16.3. The van der Waals surface area contributed by atoms with Crippen LogP contribution in [0.3, 0.4) is 0 Å². The van der Waals surface area contributed by atoms with Crippen molar-refractivity contribution in [3.63, 3.8) is 0 Å². The second kappa shape index (κ2) is 4.93. The summed E-state index contributed by atoms with van der Waals surface area (Å²) in [7, 11) is 0. The van der Waals surface area contributed by atoms with E-state index in [0.717, 1.165) is 29.9 Å². The topological polar surface area (TPSA) is 72.4 Å². The zero-order valence-electron chi connectivity index (χ0n) is 13.2. The summed E-state index contributed by atoms with van der Waals surface area (Å²) in [5.41, 5.74) is 4.24. The average Bonchev–Trinajstić information content (AvgIpc) is 3.48. The van der Waals surface area contributed by atoms with Gasteiger partial charge in [0.05, 0.1) is 17.9 Å². The van der Waals surface area contributed by atoms with Crippen molar-refractivity contribution in [1.29, 1.82) is 0 Å². The fourth-order valence-electron chi connectivity index (χ4n) is 3.30. The Labute approximate surface area is 138 Å². The molecule has 3 aromatic rings. The molecule has 0 radical (unpaired) electrons. The lowest BCUT2D eigenvalue weighted by Crippen LogP contribution is -2.01. The van der Waals surface area contributed by atoms with Crippen LogP contribution in [0.4, 0.5) is 0 Å². The second-order valence-electron chi connectivity index (χ2n) is 6.94. The third kappa shape index (κ3) is 2.38. The molecule has 2 fully saturated rings. The van der Waals surface area contributed by atoms with Gasteiger partial charge in [0.2, 0.25) is 0 Å². The van der Waals surface area contributed by atoms with Crippen LogP contribution in [0.25, 0.3) is 5.65 Å². The van der Waals surface area contributed by atoms with E-state index in [9.17, 15) is 9.90 Å². The maximum absolute atomic E-state index is 11.4. The fraction of sp³-hybridized carbons (Fsp3) is 0.389. The Morgan fingerprint density at radius 3 is 2.62 bits per heavy atom. The third-order valence-electron chi connectivity index (χ3n) is 4.88. The zero-order valence-corrected chi connectivity index (χ0v) is 13.2. The third-order valence-corrected chi connectivity index (χ3v) is 4.88. The summed E-state index contributed by atoms with van der Waals surface area (Å²) in [6.07, 6.45) is 10.4. The largest absolute Gasteiger partial charge is 0.478 e. The van der Waals surface area contributed by atoms with E-state index in [4.69, 9.17) is 0 Å². The summed E-state index contributed by atoms with van der Waals surface area (Å²) in [5, 5.41) is 13.9. The number of imidazole rings is 1. The Morgan fingerprint density at radius 2 is 1.92 bits per heavy atom. The second-order valence-corrected chi connectivity index (χ2v) is 6.94. The van der Waals surface area contributed by atoms with Gasteiger partial charge >= 0.3 is 5.97 Å². The van der Waals surface area contributed by atoms with Gasteiger partial charge in [0.15, 0.2) is 0 Å². The maximum Gasteiger partial charge on any atom is 0.339 e. The summed E-state index contributed by atoms with van der Waals surface area (Å²) in [6, 6.07) is 4.21. The minimum absolute atomic E-state index is 0.319. The SMILES string of the molecule is O=C(O)c1cn(Cc2cn3cc(C4CC4)ccc3n2)nc1C1CC1. The van der Waals surface area contributed by atoms with Crippen molar-refractivity contribution in [2.45, 2.75) is 44.1 Å². The number of carbonyl (C=O) groups is 1. The molecule has 0 aromatic carbocycles. The van der Waals surface area contributed by atoms with Crippen molar-refractivity contribution in [3.05, 3.63) is 53.2 Å². The first-order valence-corrected chi connectivity index (χ1v) is 8.45. The Bertz CT molecular complexity index is 947. The van der Waals surface area contributed by atoms with Gasteiger partial charge in [0, 0.05) is 24.5 Å². The lowest BCUT2D eigenvalue weighted by molar-refractivity contribution is 0.0695. The van der Waals surface area contributed by atoms with Gasteiger partial charge in [0.1, 0.15) is 11.2 Å². The molecular formula is C18H18N4O2. The molecule has 0 atom stereocenters. The van der Waals surface area contributed by atoms with Gasteiger partial charge in [-0.1, -0.05) is 6.07 Å². The predicted molar refractivity (Wildman–Crippen MR) is 87.4 cm³/mol. The standard InChI is InChI=1S/C18H18N4O2/c23-18(24)15-10-22(20-17(15)12-3-4-12)9-14-8-21-7-13(11-1-2-11)5-6-16(21)19-14/h5-8,10-12H,1-4,9H2,(H,23,24). The van der Waals surface area contributed by atoms with Gasteiger partial charge in [-0.25, -0.2) is 9.78 Å². The number of pyridine rings is 1. The van der Waals surface area contributed by atoms with Crippen LogP contribution >= 0.6 is 0 Å². The van der Waals surface area contributed by atoms with Crippen molar-refractivity contribution in [3.8, 4) is 0 Å². The van der Waals surface area contributed by atoms with Gasteiger partial charge in [0.25, 0.3) is 0 Å². The van der Waals surface area contributed by atoms with E-state index < -0.39 is 5.97 Å². The van der Waals surface area contributed by atoms with E-state index in [-0.39, 0.29) is 0 Å². The molecule has 0 amide bonds. The molecule has 2 aliphatic rings. The fourth-order valence-corrected chi connectivity index (χ4v) is 3.30. The van der Waals surface area contributed by atoms with Crippen molar-refractivity contribution in [1.82, 2.24) is 19.2 Å². The number of carboxylic acid groups (broad SMARTS) is 1. The van der Waals surface area contributed by atoms with Crippen molar-refractivity contribution in [2.24, 2.45) is 0 Å². The first-order valence-electron chi connectivity index (χ1n) is 8.45. The molecule has 5 rings (SSSR count). The number of nitrogens with zero attached hydrogens (tertiary/aromatic N) is 4. The molecule has 6 heteroatoms. The van der Waals surface area contributed by atoms with E-state index in [1.807, 2.05) is 6.20 Å². The number of hydrogen-bond donors (Lipinski definition) is 1. The molecule has 1 N–H and O–H groups in total. The molecule has 0 aliphatic heterocycles. The molecule has 3 aromatic heterocycles. The number of rotatable bonds is 5. The van der Waals surface area contributed by atoms with Gasteiger partial charge < -0.3 is 9.51 Å².